The summed E-state index contributed by atoms with van der Waals surface area (Å²) in [6.45, 7) is 0.190. The highest BCUT2D eigenvalue weighted by Crippen LogP contribution is 2.41. The molecule has 0 heterocycles. The van der Waals surface area contributed by atoms with Crippen LogP contribution in [0.5, 0.6) is 0 Å². The number of nitrogens with two attached hydrogens (primary N) is 1. The van der Waals surface area contributed by atoms with Crippen molar-refractivity contribution in [3.05, 3.63) is 0 Å². The van der Waals surface area contributed by atoms with Crippen molar-refractivity contribution in [2.45, 2.75) is 63.6 Å². The minimum Gasteiger partial charge on any atom is -0.370 e. The summed E-state index contributed by atoms with van der Waals surface area (Å²) >= 11 is 0. The molecule has 0 saturated heterocycles. The predicted octanol–water partition coefficient (Wildman–Crippen LogP) is 3.20. The summed E-state index contributed by atoms with van der Waals surface area (Å²) in [5.41, 5.74) is 5.78. The number of nitrogens with zero attached hydrogens (tertiary/aromatic N) is 1. The van der Waals surface area contributed by atoms with Gasteiger partial charge in [-0.1, -0.05) is 25.7 Å². The van der Waals surface area contributed by atoms with Crippen LogP contribution in [0.3, 0.4) is 0 Å². The average Bonchev–Trinajstić information content (AvgIpc) is 2.88. The van der Waals surface area contributed by atoms with Gasteiger partial charge in [0.1, 0.15) is 0 Å². The zero-order chi connectivity index (χ0) is 14.6. The van der Waals surface area contributed by atoms with E-state index in [-0.39, 0.29) is 13.0 Å². The van der Waals surface area contributed by atoms with Gasteiger partial charge in [0.2, 0.25) is 0 Å². The van der Waals surface area contributed by atoms with Gasteiger partial charge in [-0.2, -0.15) is 13.2 Å². The third-order valence-corrected chi connectivity index (χ3v) is 4.53. The van der Waals surface area contributed by atoms with E-state index in [2.05, 4.69) is 10.3 Å². The molecule has 0 spiro atoms. The van der Waals surface area contributed by atoms with Gasteiger partial charge in [-0.25, -0.2) is 0 Å². The van der Waals surface area contributed by atoms with E-state index in [1.54, 1.807) is 0 Å². The third kappa shape index (κ3) is 4.28. The second-order valence-corrected chi connectivity index (χ2v) is 6.04. The second kappa shape index (κ2) is 6.68. The molecule has 2 aliphatic carbocycles. The van der Waals surface area contributed by atoms with Crippen LogP contribution in [0.4, 0.5) is 13.2 Å². The summed E-state index contributed by atoms with van der Waals surface area (Å²) in [6.07, 6.45) is 2.78. The van der Waals surface area contributed by atoms with Crippen LogP contribution in [-0.4, -0.2) is 24.7 Å². The summed E-state index contributed by atoms with van der Waals surface area (Å²) in [6, 6.07) is 0.350. The third-order valence-electron chi connectivity index (χ3n) is 4.53. The van der Waals surface area contributed by atoms with Crippen LogP contribution in [0.1, 0.15) is 51.4 Å². The van der Waals surface area contributed by atoms with E-state index in [0.29, 0.717) is 24.8 Å². The Labute approximate surface area is 118 Å². The first-order valence-corrected chi connectivity index (χ1v) is 7.60. The first kappa shape index (κ1) is 15.4. The van der Waals surface area contributed by atoms with Gasteiger partial charge in [-0.3, -0.25) is 4.99 Å². The SMILES string of the molecule is NC(=NC[C@H]1CCCC[C@H]1C(F)(F)F)NC1CCCC1. The molecule has 0 aliphatic heterocycles. The molecular formula is C14H24F3N3. The fraction of sp³-hybridized carbons (Fsp3) is 0.929. The van der Waals surface area contributed by atoms with E-state index in [9.17, 15) is 13.2 Å². The van der Waals surface area contributed by atoms with Crippen LogP contribution in [0.2, 0.25) is 0 Å². The maximum absolute atomic E-state index is 12.9. The molecule has 2 atom stereocenters. The summed E-state index contributed by atoms with van der Waals surface area (Å²) in [5.74, 6) is -1.31. The minimum atomic E-state index is -4.10. The fourth-order valence-electron chi connectivity index (χ4n) is 3.40. The van der Waals surface area contributed by atoms with Gasteiger partial charge in [0.15, 0.2) is 5.96 Å². The highest BCUT2D eigenvalue weighted by molar-refractivity contribution is 5.78. The van der Waals surface area contributed by atoms with Gasteiger partial charge in [0.25, 0.3) is 0 Å². The molecule has 2 rings (SSSR count). The Kier molecular flexibility index (Phi) is 5.16. The number of aliphatic imine (C=N–C) groups is 1. The molecule has 20 heavy (non-hydrogen) atoms. The van der Waals surface area contributed by atoms with Gasteiger partial charge in [-0.05, 0) is 31.6 Å². The number of hydrogen-bond acceptors (Lipinski definition) is 1. The summed E-state index contributed by atoms with van der Waals surface area (Å²) in [4.78, 5) is 4.16. The number of guanidine groups is 1. The van der Waals surface area contributed by atoms with E-state index in [1.807, 2.05) is 0 Å². The topological polar surface area (TPSA) is 50.4 Å². The van der Waals surface area contributed by atoms with Gasteiger partial charge in [-0.15, -0.1) is 0 Å². The number of rotatable bonds is 3. The lowest BCUT2D eigenvalue weighted by Crippen LogP contribution is -2.40. The Morgan fingerprint density at radius 2 is 1.65 bits per heavy atom. The van der Waals surface area contributed by atoms with Crippen molar-refractivity contribution in [2.75, 3.05) is 6.54 Å². The molecule has 3 N–H and O–H groups in total. The molecule has 116 valence electrons. The van der Waals surface area contributed by atoms with Crippen LogP contribution < -0.4 is 11.1 Å². The van der Waals surface area contributed by atoms with Crippen molar-refractivity contribution < 1.29 is 13.2 Å². The Bertz CT molecular complexity index is 335. The number of alkyl halides is 3. The first-order chi connectivity index (χ1) is 9.47. The van der Waals surface area contributed by atoms with Crippen molar-refractivity contribution in [1.82, 2.24) is 5.32 Å². The molecule has 2 saturated carbocycles. The van der Waals surface area contributed by atoms with Gasteiger partial charge < -0.3 is 11.1 Å². The number of hydrogen-bond donors (Lipinski definition) is 2. The molecule has 3 nitrogen and oxygen atoms in total. The Hall–Kier alpha value is -0.940. The van der Waals surface area contributed by atoms with E-state index >= 15 is 0 Å². The fourth-order valence-corrected chi connectivity index (χ4v) is 3.40. The van der Waals surface area contributed by atoms with Crippen molar-refractivity contribution in [1.29, 1.82) is 0 Å². The zero-order valence-corrected chi connectivity index (χ0v) is 11.8. The highest BCUT2D eigenvalue weighted by Gasteiger charge is 2.45. The molecule has 0 aromatic rings. The summed E-state index contributed by atoms with van der Waals surface area (Å²) in [5, 5.41) is 3.12. The largest absolute Gasteiger partial charge is 0.392 e. The summed E-state index contributed by atoms with van der Waals surface area (Å²) in [7, 11) is 0. The lowest BCUT2D eigenvalue weighted by atomic mass is 9.79. The van der Waals surface area contributed by atoms with Crippen LogP contribution >= 0.6 is 0 Å². The first-order valence-electron chi connectivity index (χ1n) is 7.60. The normalized spacial score (nSPS) is 29.6. The molecule has 0 bridgehead atoms. The standard InChI is InChI=1S/C14H24F3N3/c15-14(16,17)12-8-4-1-5-10(12)9-19-13(18)20-11-6-2-3-7-11/h10-12H,1-9H2,(H3,18,19,20)/t10-,12-/m1/s1. The quantitative estimate of drug-likeness (QED) is 0.619. The Balaban J connectivity index is 1.86. The van der Waals surface area contributed by atoms with Crippen molar-refractivity contribution in [2.24, 2.45) is 22.6 Å². The molecule has 2 fully saturated rings. The van der Waals surface area contributed by atoms with Gasteiger partial charge in [0, 0.05) is 12.6 Å². The summed E-state index contributed by atoms with van der Waals surface area (Å²) < 4.78 is 38.8. The van der Waals surface area contributed by atoms with E-state index in [1.165, 1.54) is 12.8 Å². The lowest BCUT2D eigenvalue weighted by molar-refractivity contribution is -0.195. The highest BCUT2D eigenvalue weighted by atomic mass is 19.4. The molecule has 0 radical (unpaired) electrons. The number of halogens is 3. The van der Waals surface area contributed by atoms with Crippen molar-refractivity contribution in [3.63, 3.8) is 0 Å². The molecule has 0 aromatic carbocycles. The van der Waals surface area contributed by atoms with Crippen LogP contribution in [0.25, 0.3) is 0 Å². The minimum absolute atomic E-state index is 0.190. The van der Waals surface area contributed by atoms with E-state index in [4.69, 9.17) is 5.73 Å². The lowest BCUT2D eigenvalue weighted by Gasteiger charge is -2.32. The van der Waals surface area contributed by atoms with E-state index < -0.39 is 18.0 Å². The van der Waals surface area contributed by atoms with Crippen LogP contribution in [-0.2, 0) is 0 Å². The zero-order valence-electron chi connectivity index (χ0n) is 11.8. The molecule has 0 aromatic heterocycles. The number of nitrogens with one attached hydrogen (secondary N) is 1. The van der Waals surface area contributed by atoms with Crippen molar-refractivity contribution in [3.8, 4) is 0 Å². The molecule has 0 unspecified atom stereocenters. The molecule has 0 amide bonds. The second-order valence-electron chi connectivity index (χ2n) is 6.04. The smallest absolute Gasteiger partial charge is 0.370 e. The van der Waals surface area contributed by atoms with Crippen molar-refractivity contribution >= 4 is 5.96 Å². The van der Waals surface area contributed by atoms with Crippen LogP contribution in [0.15, 0.2) is 4.99 Å². The Morgan fingerprint density at radius 3 is 2.30 bits per heavy atom. The van der Waals surface area contributed by atoms with Gasteiger partial charge in [0.05, 0.1) is 5.92 Å². The monoisotopic (exact) mass is 291 g/mol. The molecule has 2 aliphatic rings. The Morgan fingerprint density at radius 1 is 1.05 bits per heavy atom. The average molecular weight is 291 g/mol. The van der Waals surface area contributed by atoms with Gasteiger partial charge >= 0.3 is 6.18 Å². The predicted molar refractivity (Wildman–Crippen MR) is 73.4 cm³/mol. The van der Waals surface area contributed by atoms with Crippen LogP contribution in [0, 0.1) is 11.8 Å². The molecular weight excluding hydrogens is 267 g/mol. The molecule has 6 heteroatoms. The maximum atomic E-state index is 12.9. The maximum Gasteiger partial charge on any atom is 0.392 e. The van der Waals surface area contributed by atoms with E-state index in [0.717, 1.165) is 19.3 Å².